The highest BCUT2D eigenvalue weighted by Crippen LogP contribution is 2.23. The number of rotatable bonds is 13. The van der Waals surface area contributed by atoms with E-state index in [1.165, 1.54) is 53.3 Å². The second-order valence-electron chi connectivity index (χ2n) is 14.5. The van der Waals surface area contributed by atoms with Crippen molar-refractivity contribution in [2.45, 2.75) is 70.0 Å². The van der Waals surface area contributed by atoms with Gasteiger partial charge in [0.15, 0.2) is 5.65 Å². The molecule has 0 spiro atoms. The van der Waals surface area contributed by atoms with Crippen LogP contribution in [0.4, 0.5) is 8.78 Å². The largest absolute Gasteiger partial charge is 1.00 e. The van der Waals surface area contributed by atoms with Crippen molar-refractivity contribution in [3.63, 3.8) is 0 Å². The van der Waals surface area contributed by atoms with Gasteiger partial charge in [-0.05, 0) is 86.0 Å². The lowest BCUT2D eigenvalue weighted by Crippen LogP contribution is -3.28. The molecule has 4 heterocycles. The van der Waals surface area contributed by atoms with E-state index in [1.807, 2.05) is 75.6 Å². The number of carbonyl (C=O) groups excluding carboxylic acids is 1. The number of aromatic nitrogens is 3. The summed E-state index contributed by atoms with van der Waals surface area (Å²) in [7, 11) is 1.93. The van der Waals surface area contributed by atoms with Crippen LogP contribution in [0.2, 0.25) is 0 Å². The first-order valence-corrected chi connectivity index (χ1v) is 18.9. The van der Waals surface area contributed by atoms with Gasteiger partial charge in [-0.3, -0.25) is 14.0 Å². The van der Waals surface area contributed by atoms with Gasteiger partial charge in [0.1, 0.15) is 49.4 Å². The third-order valence-corrected chi connectivity index (χ3v) is 11.2. The molecule has 1 aliphatic heterocycles. The number of nitrogens with one attached hydrogen (secondary N) is 2. The zero-order valence-electron chi connectivity index (χ0n) is 30.8. The Morgan fingerprint density at radius 3 is 2.17 bits per heavy atom. The number of piperazine rings is 1. The van der Waals surface area contributed by atoms with Crippen molar-refractivity contribution in [2.75, 3.05) is 46.4 Å². The Labute approximate surface area is 327 Å². The van der Waals surface area contributed by atoms with Gasteiger partial charge in [0, 0.05) is 55.9 Å². The first kappa shape index (κ1) is 41.1. The number of ether oxygens (including phenoxy) is 1. The van der Waals surface area contributed by atoms with Crippen LogP contribution < -0.4 is 44.9 Å². The van der Waals surface area contributed by atoms with Crippen molar-refractivity contribution in [3.8, 4) is 5.88 Å². The predicted octanol–water partition coefficient (Wildman–Crippen LogP) is -2.15. The van der Waals surface area contributed by atoms with Crippen LogP contribution in [-0.4, -0.2) is 77.2 Å². The SMILES string of the molecule is CN(C(=O)CCCOc1ccc2c(n1)n1cccc1c(=O)n2CCC[NH+]1CC[NH+](C(c2ccc(F)cc2)c2ccc(F)cc2)CC1)C1CCCCC1.[Cl-].[Cl-]. The van der Waals surface area contributed by atoms with Gasteiger partial charge in [-0.25, -0.2) is 8.78 Å². The zero-order valence-corrected chi connectivity index (χ0v) is 32.3. The van der Waals surface area contributed by atoms with E-state index in [-0.39, 0.29) is 54.0 Å². The van der Waals surface area contributed by atoms with E-state index in [0.717, 1.165) is 68.6 Å². The van der Waals surface area contributed by atoms with Gasteiger partial charge in [-0.15, -0.1) is 0 Å². The molecule has 2 aromatic carbocycles. The Balaban J connectivity index is 0.00000280. The minimum absolute atomic E-state index is 0. The van der Waals surface area contributed by atoms with Gasteiger partial charge in [0.2, 0.25) is 11.8 Å². The zero-order chi connectivity index (χ0) is 36.0. The van der Waals surface area contributed by atoms with E-state index in [1.54, 1.807) is 0 Å². The number of aryl methyl sites for hydroxylation is 1. The molecule has 0 bridgehead atoms. The van der Waals surface area contributed by atoms with Crippen molar-refractivity contribution in [1.29, 1.82) is 0 Å². The second kappa shape index (κ2) is 19.0. The van der Waals surface area contributed by atoms with E-state index in [4.69, 9.17) is 9.72 Å². The van der Waals surface area contributed by atoms with Crippen LogP contribution >= 0.6 is 0 Å². The summed E-state index contributed by atoms with van der Waals surface area (Å²) < 4.78 is 37.2. The lowest BCUT2D eigenvalue weighted by Gasteiger charge is -2.35. The normalized spacial score (nSPS) is 17.6. The van der Waals surface area contributed by atoms with Crippen LogP contribution in [0.25, 0.3) is 16.7 Å². The molecule has 1 saturated heterocycles. The first-order chi connectivity index (χ1) is 25.4. The maximum absolute atomic E-state index is 13.8. The summed E-state index contributed by atoms with van der Waals surface area (Å²) >= 11 is 0. The Morgan fingerprint density at radius 2 is 1.52 bits per heavy atom. The number of nitrogens with zero attached hydrogens (tertiary/aromatic N) is 4. The number of halogens is 4. The first-order valence-electron chi connectivity index (χ1n) is 18.9. The minimum Gasteiger partial charge on any atom is -1.00 e. The average molecular weight is 784 g/mol. The maximum Gasteiger partial charge on any atom is 0.275 e. The molecule has 54 heavy (non-hydrogen) atoms. The fourth-order valence-electron chi connectivity index (χ4n) is 8.27. The number of carbonyl (C=O) groups is 1. The minimum atomic E-state index is -0.268. The van der Waals surface area contributed by atoms with E-state index < -0.39 is 0 Å². The quantitative estimate of drug-likeness (QED) is 0.134. The Bertz CT molecular complexity index is 1980. The van der Waals surface area contributed by atoms with Gasteiger partial charge >= 0.3 is 0 Å². The molecule has 0 unspecified atom stereocenters. The number of fused-ring (bicyclic) bond motifs is 3. The third kappa shape index (κ3) is 9.42. The summed E-state index contributed by atoms with van der Waals surface area (Å²) in [6, 6.07) is 21.1. The number of quaternary nitrogens is 2. The molecule has 1 saturated carbocycles. The van der Waals surface area contributed by atoms with Crippen LogP contribution in [0, 0.1) is 11.6 Å². The van der Waals surface area contributed by atoms with Crippen LogP contribution in [0.1, 0.15) is 68.5 Å². The van der Waals surface area contributed by atoms with Crippen molar-refractivity contribution in [2.24, 2.45) is 0 Å². The monoisotopic (exact) mass is 782 g/mol. The fraction of sp³-hybridized carbons (Fsp3) is 0.439. The highest BCUT2D eigenvalue weighted by Gasteiger charge is 2.32. The van der Waals surface area contributed by atoms with Gasteiger partial charge in [0.25, 0.3) is 5.56 Å². The fourth-order valence-corrected chi connectivity index (χ4v) is 8.27. The number of hydrogen-bond donors (Lipinski definition) is 2. The molecule has 2 N–H and O–H groups in total. The van der Waals surface area contributed by atoms with E-state index in [0.29, 0.717) is 49.1 Å². The molecular weight excluding hydrogens is 733 g/mol. The summed E-state index contributed by atoms with van der Waals surface area (Å²) in [6.45, 7) is 5.66. The Morgan fingerprint density at radius 1 is 0.870 bits per heavy atom. The molecular formula is C41H50Cl2F2N6O3. The standard InChI is InChI=1S/C41H48F2N6O3.2ClH/c1-45(34-8-3-2-4-9-34)38(50)11-6-29-52-37-21-20-35-40(44-37)48-23-5-10-36(48)41(51)49(35)24-7-22-46-25-27-47(28-26-46)39(30-12-16-32(42)17-13-30)31-14-18-33(43)19-15-31;;/h5,10,12-21,23,34,39H,2-4,6-9,11,22,24-29H2,1H3;2*1H. The Hall–Kier alpha value is -4.03. The summed E-state index contributed by atoms with van der Waals surface area (Å²) in [6.07, 6.45) is 9.60. The van der Waals surface area contributed by atoms with Gasteiger partial charge in [0.05, 0.1) is 18.7 Å². The molecule has 0 atom stereocenters. The van der Waals surface area contributed by atoms with Gasteiger partial charge in [-0.1, -0.05) is 19.3 Å². The molecule has 1 aliphatic carbocycles. The van der Waals surface area contributed by atoms with Crippen molar-refractivity contribution >= 4 is 22.6 Å². The number of pyridine rings is 1. The van der Waals surface area contributed by atoms with Crippen molar-refractivity contribution in [1.82, 2.24) is 18.9 Å². The predicted molar refractivity (Wildman–Crippen MR) is 197 cm³/mol. The lowest BCUT2D eigenvalue weighted by molar-refractivity contribution is -1.02. The molecule has 2 fully saturated rings. The molecule has 2 aliphatic rings. The summed E-state index contributed by atoms with van der Waals surface area (Å²) in [4.78, 5) is 36.0. The molecule has 13 heteroatoms. The highest BCUT2D eigenvalue weighted by molar-refractivity contribution is 5.76. The van der Waals surface area contributed by atoms with Gasteiger partial charge in [-0.2, -0.15) is 4.98 Å². The smallest absolute Gasteiger partial charge is 0.275 e. The maximum atomic E-state index is 13.8. The molecule has 5 aromatic rings. The molecule has 0 radical (unpaired) electrons. The van der Waals surface area contributed by atoms with Crippen molar-refractivity contribution < 1.29 is 52.9 Å². The second-order valence-corrected chi connectivity index (χ2v) is 14.5. The van der Waals surface area contributed by atoms with Crippen molar-refractivity contribution in [3.05, 3.63) is 112 Å². The molecule has 7 rings (SSSR count). The lowest BCUT2D eigenvalue weighted by atomic mass is 9.94. The topological polar surface area (TPSA) is 77.7 Å². The summed E-state index contributed by atoms with van der Waals surface area (Å²) in [5, 5.41) is 0. The third-order valence-electron chi connectivity index (χ3n) is 11.2. The molecule has 3 aromatic heterocycles. The van der Waals surface area contributed by atoms with E-state index >= 15 is 0 Å². The van der Waals surface area contributed by atoms with Gasteiger partial charge < -0.3 is 48.8 Å². The average Bonchev–Trinajstić information content (AvgIpc) is 3.68. The van der Waals surface area contributed by atoms with Crippen LogP contribution in [-0.2, 0) is 11.3 Å². The summed E-state index contributed by atoms with van der Waals surface area (Å²) in [5.41, 5.74) is 4.00. The molecule has 9 nitrogen and oxygen atoms in total. The molecule has 290 valence electrons. The van der Waals surface area contributed by atoms with Crippen LogP contribution in [0.5, 0.6) is 5.88 Å². The molecule has 1 amide bonds. The van der Waals surface area contributed by atoms with Crippen LogP contribution in [0.15, 0.2) is 83.8 Å². The number of amides is 1. The summed E-state index contributed by atoms with van der Waals surface area (Å²) in [5.74, 6) is 0.112. The highest BCUT2D eigenvalue weighted by atomic mass is 35.5. The Kier molecular flexibility index (Phi) is 14.5. The number of hydrogen-bond acceptors (Lipinski definition) is 4. The van der Waals surface area contributed by atoms with E-state index in [9.17, 15) is 18.4 Å². The van der Waals surface area contributed by atoms with E-state index in [2.05, 4.69) is 0 Å². The van der Waals surface area contributed by atoms with Crippen LogP contribution in [0.3, 0.4) is 0 Å². The number of benzene rings is 2.